The first-order valence-corrected chi connectivity index (χ1v) is 9.36. The SMILES string of the molecule is Cc1nscc1C(=O)Nc1nc2cc(C(N)=O)cc(C)c2n1CCCC(=O)O. The van der Waals surface area contributed by atoms with Gasteiger partial charge in [-0.15, -0.1) is 0 Å². The van der Waals surface area contributed by atoms with Crippen LogP contribution in [0.15, 0.2) is 17.5 Å². The van der Waals surface area contributed by atoms with Gasteiger partial charge in [0, 0.05) is 23.9 Å². The predicted molar refractivity (Wildman–Crippen MR) is 105 cm³/mol. The maximum Gasteiger partial charge on any atom is 0.303 e. The molecule has 3 rings (SSSR count). The van der Waals surface area contributed by atoms with Crippen molar-refractivity contribution in [2.45, 2.75) is 33.2 Å². The molecule has 2 heterocycles. The highest BCUT2D eigenvalue weighted by Gasteiger charge is 2.19. The van der Waals surface area contributed by atoms with E-state index >= 15 is 0 Å². The summed E-state index contributed by atoms with van der Waals surface area (Å²) in [5.74, 6) is -1.55. The zero-order chi connectivity index (χ0) is 20.4. The Morgan fingerprint density at radius 2 is 2.04 bits per heavy atom. The number of carbonyl (C=O) groups is 3. The number of fused-ring (bicyclic) bond motifs is 1. The number of aryl methyl sites for hydroxylation is 3. The highest BCUT2D eigenvalue weighted by Crippen LogP contribution is 2.26. The lowest BCUT2D eigenvalue weighted by molar-refractivity contribution is -0.137. The van der Waals surface area contributed by atoms with Crippen LogP contribution in [0.4, 0.5) is 5.95 Å². The van der Waals surface area contributed by atoms with E-state index < -0.39 is 11.9 Å². The second-order valence-electron chi connectivity index (χ2n) is 6.38. The minimum atomic E-state index is -0.900. The van der Waals surface area contributed by atoms with E-state index in [2.05, 4.69) is 14.7 Å². The van der Waals surface area contributed by atoms with Crippen LogP contribution in [0, 0.1) is 13.8 Å². The third-order valence-corrected chi connectivity index (χ3v) is 5.03. The fraction of sp³-hybridized carbons (Fsp3) is 0.278. The quantitative estimate of drug-likeness (QED) is 0.555. The van der Waals surface area contributed by atoms with E-state index in [4.69, 9.17) is 10.8 Å². The molecule has 146 valence electrons. The van der Waals surface area contributed by atoms with E-state index in [1.807, 2.05) is 6.92 Å². The van der Waals surface area contributed by atoms with E-state index in [-0.39, 0.29) is 18.3 Å². The third kappa shape index (κ3) is 3.86. The zero-order valence-electron chi connectivity index (χ0n) is 15.4. The van der Waals surface area contributed by atoms with Crippen molar-refractivity contribution in [2.75, 3.05) is 5.32 Å². The Morgan fingerprint density at radius 1 is 1.29 bits per heavy atom. The summed E-state index contributed by atoms with van der Waals surface area (Å²) >= 11 is 1.18. The van der Waals surface area contributed by atoms with E-state index in [0.29, 0.717) is 40.8 Å². The maximum atomic E-state index is 12.6. The van der Waals surface area contributed by atoms with Crippen molar-refractivity contribution in [1.82, 2.24) is 13.9 Å². The first-order chi connectivity index (χ1) is 13.3. The molecule has 2 amide bonds. The van der Waals surface area contributed by atoms with Gasteiger partial charge in [0.1, 0.15) is 0 Å². The number of carbonyl (C=O) groups excluding carboxylic acids is 2. The molecule has 0 spiro atoms. The van der Waals surface area contributed by atoms with Crippen LogP contribution in [0.5, 0.6) is 0 Å². The molecule has 0 bridgehead atoms. The Kier molecular flexibility index (Phi) is 5.41. The molecule has 0 fully saturated rings. The largest absolute Gasteiger partial charge is 0.481 e. The lowest BCUT2D eigenvalue weighted by Gasteiger charge is -2.11. The first kappa shape index (κ1) is 19.5. The smallest absolute Gasteiger partial charge is 0.303 e. The molecule has 0 radical (unpaired) electrons. The van der Waals surface area contributed by atoms with Crippen LogP contribution in [0.2, 0.25) is 0 Å². The van der Waals surface area contributed by atoms with Crippen molar-refractivity contribution < 1.29 is 19.5 Å². The van der Waals surface area contributed by atoms with Crippen LogP contribution < -0.4 is 11.1 Å². The van der Waals surface area contributed by atoms with E-state index in [1.165, 1.54) is 11.5 Å². The second kappa shape index (κ2) is 7.77. The van der Waals surface area contributed by atoms with Crippen molar-refractivity contribution in [3.05, 3.63) is 39.9 Å². The molecule has 0 saturated heterocycles. The van der Waals surface area contributed by atoms with Crippen molar-refractivity contribution in [2.24, 2.45) is 5.73 Å². The maximum absolute atomic E-state index is 12.6. The monoisotopic (exact) mass is 401 g/mol. The Balaban J connectivity index is 2.04. The number of aromatic nitrogens is 3. The number of aliphatic carboxylic acids is 1. The molecule has 4 N–H and O–H groups in total. The molecular formula is C18H19N5O4S. The number of carboxylic acids is 1. The number of hydrogen-bond acceptors (Lipinski definition) is 6. The lowest BCUT2D eigenvalue weighted by atomic mass is 10.1. The van der Waals surface area contributed by atoms with Gasteiger partial charge in [0.25, 0.3) is 5.91 Å². The van der Waals surface area contributed by atoms with Gasteiger partial charge in [0.05, 0.1) is 22.3 Å². The number of anilines is 1. The van der Waals surface area contributed by atoms with E-state index in [1.54, 1.807) is 29.0 Å². The number of imidazole rings is 1. The van der Waals surface area contributed by atoms with Gasteiger partial charge in [-0.1, -0.05) is 0 Å². The summed E-state index contributed by atoms with van der Waals surface area (Å²) in [4.78, 5) is 39.5. The van der Waals surface area contributed by atoms with Gasteiger partial charge in [0.2, 0.25) is 11.9 Å². The van der Waals surface area contributed by atoms with Gasteiger partial charge in [-0.2, -0.15) is 4.37 Å². The van der Waals surface area contributed by atoms with Gasteiger partial charge in [-0.3, -0.25) is 19.7 Å². The fourth-order valence-electron chi connectivity index (χ4n) is 3.00. The highest BCUT2D eigenvalue weighted by molar-refractivity contribution is 7.04. The normalized spacial score (nSPS) is 10.9. The Bertz CT molecular complexity index is 1090. The number of nitrogens with zero attached hydrogens (tertiary/aromatic N) is 3. The molecule has 2 aromatic heterocycles. The number of rotatable bonds is 7. The molecular weight excluding hydrogens is 382 g/mol. The molecule has 28 heavy (non-hydrogen) atoms. The molecule has 0 saturated carbocycles. The van der Waals surface area contributed by atoms with Crippen LogP contribution in [0.1, 0.15) is 44.8 Å². The van der Waals surface area contributed by atoms with Gasteiger partial charge in [0.15, 0.2) is 0 Å². The second-order valence-corrected chi connectivity index (χ2v) is 7.01. The third-order valence-electron chi connectivity index (χ3n) is 4.31. The van der Waals surface area contributed by atoms with E-state index in [0.717, 1.165) is 5.56 Å². The predicted octanol–water partition coefficient (Wildman–Crippen LogP) is 2.33. The van der Waals surface area contributed by atoms with Crippen molar-refractivity contribution in [3.8, 4) is 0 Å². The number of hydrogen-bond donors (Lipinski definition) is 3. The number of nitrogens with two attached hydrogens (primary N) is 1. The summed E-state index contributed by atoms with van der Waals surface area (Å²) in [5.41, 5.74) is 8.72. The molecule has 3 aromatic rings. The molecule has 0 aliphatic carbocycles. The molecule has 10 heteroatoms. The molecule has 9 nitrogen and oxygen atoms in total. The van der Waals surface area contributed by atoms with Gasteiger partial charge < -0.3 is 15.4 Å². The Hall–Kier alpha value is -3.27. The average molecular weight is 401 g/mol. The summed E-state index contributed by atoms with van der Waals surface area (Å²) in [6.07, 6.45) is 0.346. The van der Waals surface area contributed by atoms with Gasteiger partial charge in [-0.25, -0.2) is 4.98 Å². The number of primary amides is 1. The van der Waals surface area contributed by atoms with Gasteiger partial charge >= 0.3 is 5.97 Å². The lowest BCUT2D eigenvalue weighted by Crippen LogP contribution is -2.17. The van der Waals surface area contributed by atoms with Crippen LogP contribution in [0.25, 0.3) is 11.0 Å². The van der Waals surface area contributed by atoms with Crippen LogP contribution in [0.3, 0.4) is 0 Å². The van der Waals surface area contributed by atoms with Crippen molar-refractivity contribution in [1.29, 1.82) is 0 Å². The average Bonchev–Trinajstić information content (AvgIpc) is 3.18. The summed E-state index contributed by atoms with van der Waals surface area (Å²) < 4.78 is 5.85. The Morgan fingerprint density at radius 3 is 2.64 bits per heavy atom. The number of nitrogens with one attached hydrogen (secondary N) is 1. The topological polar surface area (TPSA) is 140 Å². The van der Waals surface area contributed by atoms with Crippen LogP contribution in [-0.2, 0) is 11.3 Å². The first-order valence-electron chi connectivity index (χ1n) is 8.52. The fourth-order valence-corrected chi connectivity index (χ4v) is 3.69. The Labute approximate surface area is 164 Å². The minimum Gasteiger partial charge on any atom is -0.481 e. The van der Waals surface area contributed by atoms with Crippen molar-refractivity contribution in [3.63, 3.8) is 0 Å². The van der Waals surface area contributed by atoms with Crippen LogP contribution >= 0.6 is 11.5 Å². The minimum absolute atomic E-state index is 0.0148. The number of amides is 2. The molecule has 0 aliphatic heterocycles. The van der Waals surface area contributed by atoms with Crippen molar-refractivity contribution >= 4 is 46.3 Å². The molecule has 0 aliphatic rings. The molecule has 1 aromatic carbocycles. The summed E-state index contributed by atoms with van der Waals surface area (Å²) in [6.45, 7) is 3.89. The van der Waals surface area contributed by atoms with Gasteiger partial charge in [-0.05, 0) is 49.5 Å². The number of carboxylic acid groups (broad SMARTS) is 1. The molecule has 0 unspecified atom stereocenters. The zero-order valence-corrected chi connectivity index (χ0v) is 16.2. The highest BCUT2D eigenvalue weighted by atomic mass is 32.1. The summed E-state index contributed by atoms with van der Waals surface area (Å²) in [5, 5.41) is 13.4. The molecule has 0 atom stereocenters. The standard InChI is InChI=1S/C18H19N5O4S/c1-9-6-11(16(19)26)7-13-15(9)23(5-3-4-14(24)25)18(20-13)21-17(27)12-8-28-22-10(12)2/h6-8H,3-5H2,1-2H3,(H2,19,26)(H,24,25)(H,20,21,27). The number of benzene rings is 1. The summed E-state index contributed by atoms with van der Waals surface area (Å²) in [7, 11) is 0. The summed E-state index contributed by atoms with van der Waals surface area (Å²) in [6, 6.07) is 3.21. The van der Waals surface area contributed by atoms with E-state index in [9.17, 15) is 14.4 Å². The van der Waals surface area contributed by atoms with Crippen LogP contribution in [-0.4, -0.2) is 36.8 Å².